The fourth-order valence-corrected chi connectivity index (χ4v) is 1.91. The molecule has 120 valence electrons. The van der Waals surface area contributed by atoms with Crippen molar-refractivity contribution in [1.29, 1.82) is 0 Å². The summed E-state index contributed by atoms with van der Waals surface area (Å²) in [6.07, 6.45) is 3.14. The third-order valence-electron chi connectivity index (χ3n) is 3.32. The zero-order chi connectivity index (χ0) is 17.0. The van der Waals surface area contributed by atoms with Gasteiger partial charge in [0.2, 0.25) is 0 Å². The summed E-state index contributed by atoms with van der Waals surface area (Å²) < 4.78 is 0. The summed E-state index contributed by atoms with van der Waals surface area (Å²) in [7, 11) is 1.99. The molecule has 0 radical (unpaired) electrons. The number of aromatic nitrogens is 2. The zero-order valence-electron chi connectivity index (χ0n) is 12.7. The number of hydrogen-bond donors (Lipinski definition) is 2. The van der Waals surface area contributed by atoms with Crippen molar-refractivity contribution in [2.75, 3.05) is 18.5 Å². The third-order valence-corrected chi connectivity index (χ3v) is 3.32. The van der Waals surface area contributed by atoms with Crippen molar-refractivity contribution in [2.45, 2.75) is 6.92 Å². The number of benzene rings is 1. The lowest BCUT2D eigenvalue weighted by Gasteiger charge is -2.16. The molecule has 0 fully saturated rings. The minimum atomic E-state index is -0.998. The first kappa shape index (κ1) is 16.2. The molecule has 1 aromatic carbocycles. The highest BCUT2D eigenvalue weighted by molar-refractivity contribution is 5.68. The molecule has 8 nitrogen and oxygen atoms in total. The van der Waals surface area contributed by atoms with Gasteiger partial charge < -0.3 is 15.0 Å². The average Bonchev–Trinajstić information content (AvgIpc) is 2.51. The van der Waals surface area contributed by atoms with E-state index in [2.05, 4.69) is 21.8 Å². The van der Waals surface area contributed by atoms with E-state index in [-0.39, 0.29) is 5.82 Å². The molecule has 0 aliphatic carbocycles. The van der Waals surface area contributed by atoms with Crippen LogP contribution in [0.4, 0.5) is 11.4 Å². The Morgan fingerprint density at radius 3 is 2.52 bits per heavy atom. The number of nitrogens with zero attached hydrogens (tertiary/aromatic N) is 3. The molecule has 2 rings (SSSR count). The summed E-state index contributed by atoms with van der Waals surface area (Å²) in [5, 5.41) is 20.1. The molecule has 0 aliphatic rings. The van der Waals surface area contributed by atoms with Crippen molar-refractivity contribution < 1.29 is 10.0 Å². The fraction of sp³-hybridized carbons (Fsp3) is 0.200. The van der Waals surface area contributed by atoms with E-state index in [1.165, 1.54) is 6.08 Å². The van der Waals surface area contributed by atoms with E-state index >= 15 is 0 Å². The predicted molar refractivity (Wildman–Crippen MR) is 87.5 cm³/mol. The second-order valence-electron chi connectivity index (χ2n) is 4.82. The number of nitrogens with one attached hydrogen (secondary N) is 1. The Morgan fingerprint density at radius 2 is 2.00 bits per heavy atom. The fourth-order valence-electron chi connectivity index (χ4n) is 1.91. The van der Waals surface area contributed by atoms with Crippen molar-refractivity contribution in [1.82, 2.24) is 9.97 Å². The quantitative estimate of drug-likeness (QED) is 0.644. The molecule has 2 N–H and O–H groups in total. The summed E-state index contributed by atoms with van der Waals surface area (Å²) in [5.41, 5.74) is -0.0286. The number of hydrogen-bond acceptors (Lipinski definition) is 6. The summed E-state index contributed by atoms with van der Waals surface area (Å²) in [5.74, 6) is -0.869. The van der Waals surface area contributed by atoms with E-state index in [0.29, 0.717) is 0 Å². The first-order valence-electron chi connectivity index (χ1n) is 6.89. The van der Waals surface area contributed by atoms with Gasteiger partial charge in [0.15, 0.2) is 0 Å². The largest absolute Gasteiger partial charge is 0.488 e. The van der Waals surface area contributed by atoms with Crippen LogP contribution in [0.5, 0.6) is 5.88 Å². The lowest BCUT2D eigenvalue weighted by Crippen LogP contribution is -2.15. The molecular formula is C15H16N4O4. The molecule has 0 bridgehead atoms. The summed E-state index contributed by atoms with van der Waals surface area (Å²) in [4.78, 5) is 29.1. The topological polar surface area (TPSA) is 112 Å². The van der Waals surface area contributed by atoms with Crippen molar-refractivity contribution in [3.63, 3.8) is 0 Å². The Hall–Kier alpha value is -3.16. The molecule has 0 saturated carbocycles. The van der Waals surface area contributed by atoms with E-state index in [9.17, 15) is 20.0 Å². The van der Waals surface area contributed by atoms with Crippen molar-refractivity contribution in [2.24, 2.45) is 0 Å². The molecule has 0 unspecified atom stereocenters. The lowest BCUT2D eigenvalue weighted by molar-refractivity contribution is -0.387. The van der Waals surface area contributed by atoms with Crippen LogP contribution < -0.4 is 10.5 Å². The Bertz CT molecular complexity index is 796. The van der Waals surface area contributed by atoms with Gasteiger partial charge >= 0.3 is 11.2 Å². The lowest BCUT2D eigenvalue weighted by atomic mass is 10.2. The third kappa shape index (κ3) is 3.73. The molecule has 1 heterocycles. The van der Waals surface area contributed by atoms with Crippen LogP contribution >= 0.6 is 0 Å². The van der Waals surface area contributed by atoms with E-state index in [1.807, 2.05) is 31.3 Å². The van der Waals surface area contributed by atoms with Crippen LogP contribution in [-0.4, -0.2) is 33.6 Å². The molecule has 0 aliphatic heterocycles. The van der Waals surface area contributed by atoms with Gasteiger partial charge in [-0.15, -0.1) is 0 Å². The molecule has 0 saturated heterocycles. The summed E-state index contributed by atoms with van der Waals surface area (Å²) in [6, 6.07) is 7.68. The number of aromatic hydroxyl groups is 1. The summed E-state index contributed by atoms with van der Waals surface area (Å²) >= 11 is 0. The van der Waals surface area contributed by atoms with Crippen LogP contribution in [0.1, 0.15) is 18.3 Å². The van der Waals surface area contributed by atoms with Gasteiger partial charge in [-0.25, -0.2) is 0 Å². The van der Waals surface area contributed by atoms with Gasteiger partial charge in [-0.1, -0.05) is 18.2 Å². The maximum atomic E-state index is 11.5. The maximum absolute atomic E-state index is 11.5. The SMILES string of the molecule is CCN(C)c1ccc(/C=C/c2nc(O)c([N+](=O)[O-])c(=O)[nH]2)cc1. The maximum Gasteiger partial charge on any atom is 0.395 e. The molecule has 0 spiro atoms. The Kier molecular flexibility index (Phi) is 4.75. The van der Waals surface area contributed by atoms with Gasteiger partial charge in [0.1, 0.15) is 5.82 Å². The van der Waals surface area contributed by atoms with E-state index in [4.69, 9.17) is 0 Å². The highest BCUT2D eigenvalue weighted by Gasteiger charge is 2.21. The van der Waals surface area contributed by atoms with Gasteiger partial charge in [-0.05, 0) is 30.7 Å². The highest BCUT2D eigenvalue weighted by atomic mass is 16.6. The first-order valence-corrected chi connectivity index (χ1v) is 6.89. The molecule has 0 atom stereocenters. The van der Waals surface area contributed by atoms with Gasteiger partial charge in [-0.2, -0.15) is 4.98 Å². The van der Waals surface area contributed by atoms with Gasteiger partial charge in [-0.3, -0.25) is 14.9 Å². The number of aromatic amines is 1. The Labute approximate surface area is 131 Å². The average molecular weight is 316 g/mol. The smallest absolute Gasteiger partial charge is 0.395 e. The second-order valence-corrected chi connectivity index (χ2v) is 4.82. The van der Waals surface area contributed by atoms with E-state index in [1.54, 1.807) is 6.08 Å². The molecule has 8 heteroatoms. The normalized spacial score (nSPS) is 10.9. The highest BCUT2D eigenvalue weighted by Crippen LogP contribution is 2.18. The van der Waals surface area contributed by atoms with Crippen LogP contribution in [0.15, 0.2) is 29.1 Å². The Morgan fingerprint density at radius 1 is 1.35 bits per heavy atom. The standard InChI is InChI=1S/C15H16N4O4/c1-3-18(2)11-7-4-10(5-8-11)6-9-12-16-14(20)13(19(22)23)15(21)17-12/h4-9H,3H2,1-2H3,(H2,16,17,20,21)/b9-6+. The van der Waals surface area contributed by atoms with Crippen LogP contribution in [-0.2, 0) is 0 Å². The molecular weight excluding hydrogens is 300 g/mol. The van der Waals surface area contributed by atoms with Gasteiger partial charge in [0, 0.05) is 19.3 Å². The molecule has 2 aromatic rings. The number of anilines is 1. The van der Waals surface area contributed by atoms with E-state index < -0.39 is 22.0 Å². The number of rotatable bonds is 5. The van der Waals surface area contributed by atoms with Gasteiger partial charge in [0.25, 0.3) is 5.88 Å². The summed E-state index contributed by atoms with van der Waals surface area (Å²) in [6.45, 7) is 2.94. The molecule has 1 aromatic heterocycles. The zero-order valence-corrected chi connectivity index (χ0v) is 12.7. The van der Waals surface area contributed by atoms with Crippen LogP contribution in [0, 0.1) is 10.1 Å². The minimum absolute atomic E-state index is 0.0350. The molecule has 23 heavy (non-hydrogen) atoms. The number of nitro groups is 1. The van der Waals surface area contributed by atoms with Crippen LogP contribution in [0.2, 0.25) is 0 Å². The van der Waals surface area contributed by atoms with Crippen molar-refractivity contribution in [3.8, 4) is 5.88 Å². The van der Waals surface area contributed by atoms with Gasteiger partial charge in [0.05, 0.1) is 4.92 Å². The van der Waals surface area contributed by atoms with Crippen LogP contribution in [0.25, 0.3) is 12.2 Å². The minimum Gasteiger partial charge on any atom is -0.488 e. The number of H-pyrrole nitrogens is 1. The van der Waals surface area contributed by atoms with E-state index in [0.717, 1.165) is 17.8 Å². The Balaban J connectivity index is 2.24. The van der Waals surface area contributed by atoms with Crippen molar-refractivity contribution in [3.05, 3.63) is 56.1 Å². The van der Waals surface area contributed by atoms with Crippen molar-refractivity contribution >= 4 is 23.5 Å². The monoisotopic (exact) mass is 316 g/mol. The second kappa shape index (κ2) is 6.73. The first-order chi connectivity index (χ1) is 10.9. The van der Waals surface area contributed by atoms with Crippen LogP contribution in [0.3, 0.4) is 0 Å². The molecule has 0 amide bonds. The predicted octanol–water partition coefficient (Wildman–Crippen LogP) is 2.01.